The zero-order chi connectivity index (χ0) is 14.3. The molecule has 1 unspecified atom stereocenters. The summed E-state index contributed by atoms with van der Waals surface area (Å²) in [4.78, 5) is 0. The summed E-state index contributed by atoms with van der Waals surface area (Å²) >= 11 is 6.12. The molecule has 4 nitrogen and oxygen atoms in total. The third-order valence-corrected chi connectivity index (χ3v) is 4.24. The highest BCUT2D eigenvalue weighted by molar-refractivity contribution is 7.84. The number of benzene rings is 1. The van der Waals surface area contributed by atoms with Crippen LogP contribution in [0.3, 0.4) is 0 Å². The standard InChI is InChI=1S/C13H20ClNO3S/c1-4-19(16)6-5-15-9-10-7-11(14)13(18-3)12(8-10)17-2/h7-8,15H,4-6,9H2,1-3H3. The van der Waals surface area contributed by atoms with Gasteiger partial charge >= 0.3 is 0 Å². The lowest BCUT2D eigenvalue weighted by Crippen LogP contribution is -2.20. The van der Waals surface area contributed by atoms with Crippen LogP contribution >= 0.6 is 11.6 Å². The van der Waals surface area contributed by atoms with Gasteiger partial charge in [0, 0.05) is 35.4 Å². The molecule has 0 bridgehead atoms. The Morgan fingerprint density at radius 1 is 1.32 bits per heavy atom. The highest BCUT2D eigenvalue weighted by atomic mass is 35.5. The molecule has 1 rings (SSSR count). The minimum atomic E-state index is -0.734. The van der Waals surface area contributed by atoms with Gasteiger partial charge in [-0.2, -0.15) is 0 Å². The minimum Gasteiger partial charge on any atom is -0.493 e. The van der Waals surface area contributed by atoms with Crippen molar-refractivity contribution in [3.8, 4) is 11.5 Å². The number of halogens is 1. The normalized spacial score (nSPS) is 12.2. The summed E-state index contributed by atoms with van der Waals surface area (Å²) in [6, 6.07) is 3.72. The molecule has 0 aliphatic heterocycles. The summed E-state index contributed by atoms with van der Waals surface area (Å²) in [6.45, 7) is 3.29. The molecule has 0 spiro atoms. The average Bonchev–Trinajstić information content (AvgIpc) is 2.42. The maximum Gasteiger partial charge on any atom is 0.179 e. The fraction of sp³-hybridized carbons (Fsp3) is 0.538. The quantitative estimate of drug-likeness (QED) is 0.748. The molecule has 0 aromatic heterocycles. The number of ether oxygens (including phenoxy) is 2. The highest BCUT2D eigenvalue weighted by Gasteiger charge is 2.10. The van der Waals surface area contributed by atoms with Crippen molar-refractivity contribution in [1.29, 1.82) is 0 Å². The van der Waals surface area contributed by atoms with Gasteiger partial charge in [0.25, 0.3) is 0 Å². The Morgan fingerprint density at radius 2 is 2.05 bits per heavy atom. The van der Waals surface area contributed by atoms with Crippen LogP contribution in [0, 0.1) is 0 Å². The van der Waals surface area contributed by atoms with Gasteiger partial charge in [0.15, 0.2) is 11.5 Å². The van der Waals surface area contributed by atoms with Crippen molar-refractivity contribution in [2.24, 2.45) is 0 Å². The van der Waals surface area contributed by atoms with Crippen LogP contribution in [0.1, 0.15) is 12.5 Å². The topological polar surface area (TPSA) is 47.6 Å². The van der Waals surface area contributed by atoms with Gasteiger partial charge in [-0.15, -0.1) is 0 Å². The van der Waals surface area contributed by atoms with Gasteiger partial charge in [-0.25, -0.2) is 0 Å². The van der Waals surface area contributed by atoms with Crippen LogP contribution in [0.25, 0.3) is 0 Å². The zero-order valence-electron chi connectivity index (χ0n) is 11.5. The second kappa shape index (κ2) is 8.40. The van der Waals surface area contributed by atoms with E-state index in [0.717, 1.165) is 5.56 Å². The van der Waals surface area contributed by atoms with Gasteiger partial charge in [0.05, 0.1) is 19.2 Å². The number of hydrogen-bond donors (Lipinski definition) is 1. The first kappa shape index (κ1) is 16.3. The average molecular weight is 306 g/mol. The molecular weight excluding hydrogens is 286 g/mol. The first-order chi connectivity index (χ1) is 9.12. The van der Waals surface area contributed by atoms with Crippen molar-refractivity contribution in [3.05, 3.63) is 22.7 Å². The second-order valence-corrected chi connectivity index (χ2v) is 6.20. The summed E-state index contributed by atoms with van der Waals surface area (Å²) < 4.78 is 21.7. The largest absolute Gasteiger partial charge is 0.493 e. The minimum absolute atomic E-state index is 0.524. The van der Waals surface area contributed by atoms with Gasteiger partial charge in [-0.3, -0.25) is 4.21 Å². The van der Waals surface area contributed by atoms with Crippen molar-refractivity contribution in [3.63, 3.8) is 0 Å². The Hall–Kier alpha value is -0.780. The molecule has 0 amide bonds. The van der Waals surface area contributed by atoms with Gasteiger partial charge in [0.2, 0.25) is 0 Å². The molecule has 6 heteroatoms. The first-order valence-corrected chi connectivity index (χ1v) is 7.95. The Morgan fingerprint density at radius 3 is 2.63 bits per heavy atom. The first-order valence-electron chi connectivity index (χ1n) is 6.08. The highest BCUT2D eigenvalue weighted by Crippen LogP contribution is 2.35. The molecule has 108 valence electrons. The van der Waals surface area contributed by atoms with E-state index in [0.29, 0.717) is 41.1 Å². The predicted molar refractivity (Wildman–Crippen MR) is 79.8 cm³/mol. The number of nitrogens with one attached hydrogen (secondary N) is 1. The maximum absolute atomic E-state index is 11.3. The summed E-state index contributed by atoms with van der Waals surface area (Å²) in [7, 11) is 2.40. The number of methoxy groups -OCH3 is 2. The van der Waals surface area contributed by atoms with Crippen LogP contribution in [0.2, 0.25) is 5.02 Å². The van der Waals surface area contributed by atoms with Gasteiger partial charge in [-0.1, -0.05) is 18.5 Å². The lowest BCUT2D eigenvalue weighted by molar-refractivity contribution is 0.354. The molecule has 1 N–H and O–H groups in total. The van der Waals surface area contributed by atoms with Crippen LogP contribution in [-0.4, -0.2) is 36.5 Å². The van der Waals surface area contributed by atoms with E-state index < -0.39 is 10.8 Å². The summed E-state index contributed by atoms with van der Waals surface area (Å²) in [5.74, 6) is 2.52. The van der Waals surface area contributed by atoms with Crippen LogP contribution in [0.4, 0.5) is 0 Å². The molecule has 0 aliphatic carbocycles. The molecule has 1 atom stereocenters. The molecule has 1 aromatic rings. The molecule has 0 saturated heterocycles. The van der Waals surface area contributed by atoms with Gasteiger partial charge < -0.3 is 14.8 Å². The SMILES string of the molecule is CCS(=O)CCNCc1cc(Cl)c(OC)c(OC)c1. The van der Waals surface area contributed by atoms with E-state index in [1.165, 1.54) is 0 Å². The van der Waals surface area contributed by atoms with E-state index in [1.54, 1.807) is 14.2 Å². The summed E-state index contributed by atoms with van der Waals surface area (Å²) in [5, 5.41) is 3.76. The molecule has 0 fully saturated rings. The zero-order valence-corrected chi connectivity index (χ0v) is 13.1. The second-order valence-electron chi connectivity index (χ2n) is 3.92. The molecule has 0 aliphatic rings. The Kier molecular flexibility index (Phi) is 7.20. The Balaban J connectivity index is 2.59. The number of hydrogen-bond acceptors (Lipinski definition) is 4. The van der Waals surface area contributed by atoms with Crippen molar-refractivity contribution in [1.82, 2.24) is 5.32 Å². The lowest BCUT2D eigenvalue weighted by Gasteiger charge is -2.12. The van der Waals surface area contributed by atoms with E-state index in [4.69, 9.17) is 21.1 Å². The van der Waals surface area contributed by atoms with E-state index in [1.807, 2.05) is 19.1 Å². The fourth-order valence-corrected chi connectivity index (χ4v) is 2.61. The maximum atomic E-state index is 11.3. The third-order valence-electron chi connectivity index (χ3n) is 2.65. The van der Waals surface area contributed by atoms with Crippen molar-refractivity contribution >= 4 is 22.4 Å². The number of rotatable bonds is 8. The predicted octanol–water partition coefficient (Wildman–Crippen LogP) is 2.22. The molecule has 0 heterocycles. The lowest BCUT2D eigenvalue weighted by atomic mass is 10.2. The Labute approximate surface area is 121 Å². The van der Waals surface area contributed by atoms with Gasteiger partial charge in [0.1, 0.15) is 0 Å². The molecule has 19 heavy (non-hydrogen) atoms. The summed E-state index contributed by atoms with van der Waals surface area (Å²) in [6.07, 6.45) is 0. The van der Waals surface area contributed by atoms with Crippen LogP contribution in [-0.2, 0) is 17.3 Å². The monoisotopic (exact) mass is 305 g/mol. The van der Waals surface area contributed by atoms with Crippen molar-refractivity contribution in [2.45, 2.75) is 13.5 Å². The van der Waals surface area contributed by atoms with Gasteiger partial charge in [-0.05, 0) is 17.7 Å². The van der Waals surface area contributed by atoms with Crippen LogP contribution in [0.15, 0.2) is 12.1 Å². The Bertz CT molecular complexity index is 440. The van der Waals surface area contributed by atoms with Crippen molar-refractivity contribution in [2.75, 3.05) is 32.3 Å². The fourth-order valence-electron chi connectivity index (χ4n) is 1.64. The molecule has 0 saturated carbocycles. The van der Waals surface area contributed by atoms with Crippen molar-refractivity contribution < 1.29 is 13.7 Å². The summed E-state index contributed by atoms with van der Waals surface area (Å²) in [5.41, 5.74) is 1.00. The molecule has 1 aromatic carbocycles. The molecular formula is C13H20ClNO3S. The molecule has 0 radical (unpaired) electrons. The third kappa shape index (κ3) is 5.01. The smallest absolute Gasteiger partial charge is 0.179 e. The van der Waals surface area contributed by atoms with Crippen LogP contribution < -0.4 is 14.8 Å². The van der Waals surface area contributed by atoms with Crippen LogP contribution in [0.5, 0.6) is 11.5 Å². The van der Waals surface area contributed by atoms with E-state index in [9.17, 15) is 4.21 Å². The van der Waals surface area contributed by atoms with E-state index in [-0.39, 0.29) is 0 Å². The van der Waals surface area contributed by atoms with E-state index >= 15 is 0 Å². The van der Waals surface area contributed by atoms with E-state index in [2.05, 4.69) is 5.32 Å².